The van der Waals surface area contributed by atoms with E-state index in [0.29, 0.717) is 0 Å². The van der Waals surface area contributed by atoms with Gasteiger partial charge in [0, 0.05) is 6.08 Å². The maximum absolute atomic E-state index is 12.2. The van der Waals surface area contributed by atoms with Crippen LogP contribution in [-0.2, 0) is 4.79 Å². The first-order valence-electron chi connectivity index (χ1n) is 7.69. The molecule has 5 heteroatoms. The summed E-state index contributed by atoms with van der Waals surface area (Å²) < 4.78 is 0. The molecule has 0 fully saturated rings. The molecular weight excluding hydrogens is 316 g/mol. The molecular formula is C20H16N2O3. The standard InChI is InChI=1S/C20H16N2O3/c23-18-13-16-9-5-4-8-15(16)12-17(18)20(25)22-21-19(24)11-10-14-6-2-1-3-7-14/h1-13,23H,(H,21,24)(H,22,25)/b11-10+. The van der Waals surface area contributed by atoms with Crippen molar-refractivity contribution in [3.63, 3.8) is 0 Å². The first-order chi connectivity index (χ1) is 12.1. The summed E-state index contributed by atoms with van der Waals surface area (Å²) in [6.07, 6.45) is 2.95. The third kappa shape index (κ3) is 4.03. The Morgan fingerprint density at radius 1 is 0.840 bits per heavy atom. The fourth-order valence-corrected chi connectivity index (χ4v) is 2.37. The van der Waals surface area contributed by atoms with Gasteiger partial charge in [-0.2, -0.15) is 0 Å². The Kier molecular flexibility index (Phi) is 4.76. The van der Waals surface area contributed by atoms with Gasteiger partial charge in [-0.1, -0.05) is 54.6 Å². The molecule has 0 aromatic heterocycles. The molecule has 2 amide bonds. The van der Waals surface area contributed by atoms with Crippen molar-refractivity contribution in [1.29, 1.82) is 0 Å². The second-order valence-corrected chi connectivity index (χ2v) is 5.40. The lowest BCUT2D eigenvalue weighted by Crippen LogP contribution is -2.40. The van der Waals surface area contributed by atoms with E-state index in [2.05, 4.69) is 10.9 Å². The van der Waals surface area contributed by atoms with E-state index in [1.54, 1.807) is 12.1 Å². The van der Waals surface area contributed by atoms with Gasteiger partial charge in [-0.05, 0) is 34.5 Å². The molecule has 3 rings (SSSR count). The summed E-state index contributed by atoms with van der Waals surface area (Å²) in [5, 5.41) is 11.7. The van der Waals surface area contributed by atoms with Crippen molar-refractivity contribution in [2.45, 2.75) is 0 Å². The average molecular weight is 332 g/mol. The first kappa shape index (κ1) is 16.3. The van der Waals surface area contributed by atoms with Crippen LogP contribution in [0.15, 0.2) is 72.8 Å². The van der Waals surface area contributed by atoms with Gasteiger partial charge in [0.05, 0.1) is 5.56 Å². The molecule has 124 valence electrons. The van der Waals surface area contributed by atoms with Gasteiger partial charge in [-0.3, -0.25) is 20.4 Å². The van der Waals surface area contributed by atoms with Crippen LogP contribution in [0.25, 0.3) is 16.8 Å². The minimum Gasteiger partial charge on any atom is -0.507 e. The van der Waals surface area contributed by atoms with E-state index in [9.17, 15) is 14.7 Å². The van der Waals surface area contributed by atoms with E-state index in [0.717, 1.165) is 16.3 Å². The Morgan fingerprint density at radius 3 is 2.20 bits per heavy atom. The summed E-state index contributed by atoms with van der Waals surface area (Å²) in [5.74, 6) is -1.22. The molecule has 0 aliphatic carbocycles. The van der Waals surface area contributed by atoms with Crippen LogP contribution in [0, 0.1) is 0 Å². The molecule has 0 heterocycles. The number of rotatable bonds is 3. The van der Waals surface area contributed by atoms with E-state index in [1.807, 2.05) is 54.6 Å². The molecule has 0 aliphatic heterocycles. The second kappa shape index (κ2) is 7.31. The van der Waals surface area contributed by atoms with Crippen LogP contribution in [0.3, 0.4) is 0 Å². The third-order valence-electron chi connectivity index (χ3n) is 3.63. The monoisotopic (exact) mass is 332 g/mol. The van der Waals surface area contributed by atoms with Crippen LogP contribution >= 0.6 is 0 Å². The summed E-state index contributed by atoms with van der Waals surface area (Å²) in [4.78, 5) is 24.0. The zero-order valence-corrected chi connectivity index (χ0v) is 13.3. The van der Waals surface area contributed by atoms with Crippen molar-refractivity contribution in [1.82, 2.24) is 10.9 Å². The summed E-state index contributed by atoms with van der Waals surface area (Å²) in [6.45, 7) is 0. The van der Waals surface area contributed by atoms with Crippen molar-refractivity contribution in [2.24, 2.45) is 0 Å². The van der Waals surface area contributed by atoms with E-state index >= 15 is 0 Å². The molecule has 0 unspecified atom stereocenters. The SMILES string of the molecule is O=C(/C=C/c1ccccc1)NNC(=O)c1cc2ccccc2cc1O. The summed E-state index contributed by atoms with van der Waals surface area (Å²) in [5.41, 5.74) is 5.54. The van der Waals surface area contributed by atoms with Gasteiger partial charge in [-0.15, -0.1) is 0 Å². The lowest BCUT2D eigenvalue weighted by molar-refractivity contribution is -0.117. The predicted molar refractivity (Wildman–Crippen MR) is 96.7 cm³/mol. The number of nitrogens with one attached hydrogen (secondary N) is 2. The quantitative estimate of drug-likeness (QED) is 0.509. The number of carbonyl (C=O) groups is 2. The zero-order chi connectivity index (χ0) is 17.6. The van der Waals surface area contributed by atoms with Crippen LogP contribution in [-0.4, -0.2) is 16.9 Å². The molecule has 0 aliphatic rings. The van der Waals surface area contributed by atoms with Gasteiger partial charge < -0.3 is 5.11 Å². The Hall–Kier alpha value is -3.60. The van der Waals surface area contributed by atoms with E-state index in [4.69, 9.17) is 0 Å². The Labute approximate surface area is 144 Å². The Balaban J connectivity index is 1.65. The highest BCUT2D eigenvalue weighted by Gasteiger charge is 2.12. The highest BCUT2D eigenvalue weighted by Crippen LogP contribution is 2.24. The van der Waals surface area contributed by atoms with Crippen LogP contribution < -0.4 is 10.9 Å². The first-order valence-corrected chi connectivity index (χ1v) is 7.69. The van der Waals surface area contributed by atoms with Crippen LogP contribution in [0.2, 0.25) is 0 Å². The minimum atomic E-state index is -0.593. The van der Waals surface area contributed by atoms with Gasteiger partial charge in [0.1, 0.15) is 5.75 Å². The van der Waals surface area contributed by atoms with Crippen LogP contribution in [0.5, 0.6) is 5.75 Å². The highest BCUT2D eigenvalue weighted by atomic mass is 16.3. The van der Waals surface area contributed by atoms with Gasteiger partial charge in [-0.25, -0.2) is 0 Å². The number of fused-ring (bicyclic) bond motifs is 1. The Morgan fingerprint density at radius 2 is 1.48 bits per heavy atom. The lowest BCUT2D eigenvalue weighted by atomic mass is 10.1. The molecule has 0 bridgehead atoms. The number of hydrogen-bond acceptors (Lipinski definition) is 3. The largest absolute Gasteiger partial charge is 0.507 e. The second-order valence-electron chi connectivity index (χ2n) is 5.40. The molecule has 0 atom stereocenters. The maximum Gasteiger partial charge on any atom is 0.273 e. The van der Waals surface area contributed by atoms with Crippen molar-refractivity contribution in [2.75, 3.05) is 0 Å². The van der Waals surface area contributed by atoms with Crippen molar-refractivity contribution in [3.8, 4) is 5.75 Å². The molecule has 25 heavy (non-hydrogen) atoms. The molecule has 3 N–H and O–H groups in total. The van der Waals surface area contributed by atoms with Gasteiger partial charge in [0.2, 0.25) is 0 Å². The number of hydrazine groups is 1. The van der Waals surface area contributed by atoms with Gasteiger partial charge in [0.25, 0.3) is 11.8 Å². The lowest BCUT2D eigenvalue weighted by Gasteiger charge is -2.08. The molecule has 3 aromatic carbocycles. The number of hydrogen-bond donors (Lipinski definition) is 3. The molecule has 0 spiro atoms. The summed E-state index contributed by atoms with van der Waals surface area (Å²) in [7, 11) is 0. The van der Waals surface area contributed by atoms with Gasteiger partial charge >= 0.3 is 0 Å². The summed E-state index contributed by atoms with van der Waals surface area (Å²) >= 11 is 0. The normalized spacial score (nSPS) is 10.7. The zero-order valence-electron chi connectivity index (χ0n) is 13.3. The average Bonchev–Trinajstić information content (AvgIpc) is 2.64. The number of amides is 2. The number of aromatic hydroxyl groups is 1. The number of phenolic OH excluding ortho intramolecular Hbond substituents is 1. The molecule has 3 aromatic rings. The fraction of sp³-hybridized carbons (Fsp3) is 0. The van der Waals surface area contributed by atoms with Crippen molar-refractivity contribution < 1.29 is 14.7 Å². The fourth-order valence-electron chi connectivity index (χ4n) is 2.37. The minimum absolute atomic E-state index is 0.0889. The van der Waals surface area contributed by atoms with Crippen molar-refractivity contribution >= 4 is 28.7 Å². The summed E-state index contributed by atoms with van der Waals surface area (Å²) in [6, 6.07) is 19.8. The van der Waals surface area contributed by atoms with Crippen LogP contribution in [0.1, 0.15) is 15.9 Å². The number of benzene rings is 3. The van der Waals surface area contributed by atoms with Gasteiger partial charge in [0.15, 0.2) is 0 Å². The highest BCUT2D eigenvalue weighted by molar-refractivity contribution is 6.02. The third-order valence-corrected chi connectivity index (χ3v) is 3.63. The molecule has 0 saturated carbocycles. The molecule has 0 radical (unpaired) electrons. The van der Waals surface area contributed by atoms with E-state index in [1.165, 1.54) is 12.1 Å². The smallest absolute Gasteiger partial charge is 0.273 e. The van der Waals surface area contributed by atoms with E-state index < -0.39 is 11.8 Å². The van der Waals surface area contributed by atoms with Crippen LogP contribution in [0.4, 0.5) is 0 Å². The van der Waals surface area contributed by atoms with E-state index in [-0.39, 0.29) is 11.3 Å². The number of carbonyl (C=O) groups excluding carboxylic acids is 2. The van der Waals surface area contributed by atoms with Crippen molar-refractivity contribution in [3.05, 3.63) is 83.9 Å². The molecule has 0 saturated heterocycles. The topological polar surface area (TPSA) is 78.4 Å². The molecule has 5 nitrogen and oxygen atoms in total. The maximum atomic E-state index is 12.2. The predicted octanol–water partition coefficient (Wildman–Crippen LogP) is 3.02. The Bertz CT molecular complexity index is 950. The number of phenols is 1.